The predicted octanol–water partition coefficient (Wildman–Crippen LogP) is 3.38. The van der Waals surface area contributed by atoms with Crippen LogP contribution in [0, 0.1) is 0 Å². The number of nitrogens with zero attached hydrogens (tertiary/aromatic N) is 4. The Morgan fingerprint density at radius 2 is 1.68 bits per heavy atom. The van der Waals surface area contributed by atoms with Crippen LogP contribution in [0.4, 0.5) is 5.69 Å². The van der Waals surface area contributed by atoms with Crippen molar-refractivity contribution in [3.63, 3.8) is 0 Å². The summed E-state index contributed by atoms with van der Waals surface area (Å²) in [6.07, 6.45) is 4.41. The summed E-state index contributed by atoms with van der Waals surface area (Å²) in [6, 6.07) is 16.7. The number of carbonyl (C=O) groups excluding carboxylic acids is 1. The number of rotatable bonds is 2. The van der Waals surface area contributed by atoms with E-state index in [1.54, 1.807) is 6.20 Å². The Bertz CT molecular complexity index is 1010. The molecule has 0 aliphatic carbocycles. The minimum Gasteiger partial charge on any atom is -0.381 e. The average Bonchev–Trinajstić information content (AvgIpc) is 3.17. The normalized spacial score (nSPS) is 16.9. The van der Waals surface area contributed by atoms with Crippen molar-refractivity contribution in [3.05, 3.63) is 77.1 Å². The number of fused-ring (bicyclic) bond motifs is 2. The fraction of sp³-hybridized carbons (Fsp3) is 0.318. The molecule has 6 heteroatoms. The van der Waals surface area contributed by atoms with Crippen molar-refractivity contribution in [3.8, 4) is 0 Å². The number of ether oxygens (including phenoxy) is 1. The second-order valence-electron chi connectivity index (χ2n) is 7.39. The van der Waals surface area contributed by atoms with E-state index in [1.807, 2.05) is 33.8 Å². The van der Waals surface area contributed by atoms with Gasteiger partial charge in [0.25, 0.3) is 5.91 Å². The van der Waals surface area contributed by atoms with Crippen LogP contribution in [0.15, 0.2) is 54.7 Å². The third-order valence-corrected chi connectivity index (χ3v) is 5.65. The Labute approximate surface area is 163 Å². The van der Waals surface area contributed by atoms with E-state index in [0.29, 0.717) is 12.2 Å². The van der Waals surface area contributed by atoms with Gasteiger partial charge in [0.05, 0.1) is 18.8 Å². The lowest BCUT2D eigenvalue weighted by Crippen LogP contribution is -2.30. The number of amides is 1. The highest BCUT2D eigenvalue weighted by molar-refractivity contribution is 6.05. The molecule has 0 saturated carbocycles. The Kier molecular flexibility index (Phi) is 4.41. The molecule has 0 radical (unpaired) electrons. The number of benzene rings is 2. The monoisotopic (exact) mass is 374 g/mol. The van der Waals surface area contributed by atoms with Gasteiger partial charge in [0.1, 0.15) is 0 Å². The molecule has 1 saturated heterocycles. The average molecular weight is 374 g/mol. The van der Waals surface area contributed by atoms with Gasteiger partial charge in [-0.3, -0.25) is 4.79 Å². The van der Waals surface area contributed by atoms with E-state index in [-0.39, 0.29) is 11.9 Å². The lowest BCUT2D eigenvalue weighted by Gasteiger charge is -2.23. The Morgan fingerprint density at radius 1 is 0.964 bits per heavy atom. The zero-order chi connectivity index (χ0) is 18.9. The van der Waals surface area contributed by atoms with Gasteiger partial charge >= 0.3 is 0 Å². The van der Waals surface area contributed by atoms with Crippen molar-refractivity contribution in [1.82, 2.24) is 15.0 Å². The van der Waals surface area contributed by atoms with Crippen molar-refractivity contribution in [2.24, 2.45) is 0 Å². The van der Waals surface area contributed by atoms with E-state index in [0.717, 1.165) is 43.7 Å². The first-order valence-electron chi connectivity index (χ1n) is 9.76. The topological polar surface area (TPSA) is 60.3 Å². The molecule has 3 aromatic rings. The largest absolute Gasteiger partial charge is 0.381 e. The third kappa shape index (κ3) is 3.10. The number of aromatic nitrogens is 3. The Hall–Kier alpha value is -2.99. The molecule has 1 amide bonds. The van der Waals surface area contributed by atoms with Crippen molar-refractivity contribution < 1.29 is 9.53 Å². The highest BCUT2D eigenvalue weighted by Gasteiger charge is 2.27. The second kappa shape index (κ2) is 7.20. The Balaban J connectivity index is 1.49. The molecule has 5 rings (SSSR count). The summed E-state index contributed by atoms with van der Waals surface area (Å²) in [6.45, 7) is 1.99. The van der Waals surface area contributed by atoms with Crippen LogP contribution in [-0.2, 0) is 17.7 Å². The number of anilines is 1. The molecule has 6 nitrogen and oxygen atoms in total. The van der Waals surface area contributed by atoms with Crippen LogP contribution < -0.4 is 4.90 Å². The summed E-state index contributed by atoms with van der Waals surface area (Å²) in [5, 5.41) is 8.45. The Morgan fingerprint density at radius 3 is 2.50 bits per heavy atom. The number of hydrogen-bond acceptors (Lipinski definition) is 4. The third-order valence-electron chi connectivity index (χ3n) is 5.65. The van der Waals surface area contributed by atoms with E-state index < -0.39 is 0 Å². The maximum absolute atomic E-state index is 13.4. The van der Waals surface area contributed by atoms with E-state index in [9.17, 15) is 4.79 Å². The summed E-state index contributed by atoms with van der Waals surface area (Å²) in [5.74, 6) is -0.109. The number of carbonyl (C=O) groups is 1. The van der Waals surface area contributed by atoms with Gasteiger partial charge in [-0.25, -0.2) is 4.68 Å². The van der Waals surface area contributed by atoms with Crippen LogP contribution >= 0.6 is 0 Å². The SMILES string of the molecule is O=C(c1cn(C2CCOCC2)nn1)N1Cc2ccccc2Cc2ccccc21. The van der Waals surface area contributed by atoms with Gasteiger partial charge in [-0.05, 0) is 42.0 Å². The minimum absolute atomic E-state index is 0.109. The zero-order valence-corrected chi connectivity index (χ0v) is 15.6. The van der Waals surface area contributed by atoms with E-state index >= 15 is 0 Å². The van der Waals surface area contributed by atoms with Crippen molar-refractivity contribution in [1.29, 1.82) is 0 Å². The van der Waals surface area contributed by atoms with Crippen molar-refractivity contribution in [2.45, 2.75) is 31.8 Å². The van der Waals surface area contributed by atoms with Gasteiger partial charge in [0, 0.05) is 18.9 Å². The number of hydrogen-bond donors (Lipinski definition) is 0. The van der Waals surface area contributed by atoms with Gasteiger partial charge in [-0.15, -0.1) is 5.10 Å². The molecule has 1 fully saturated rings. The fourth-order valence-electron chi connectivity index (χ4n) is 4.09. The first-order valence-corrected chi connectivity index (χ1v) is 9.76. The molecule has 2 aromatic carbocycles. The van der Waals surface area contributed by atoms with Crippen LogP contribution in [-0.4, -0.2) is 34.1 Å². The predicted molar refractivity (Wildman–Crippen MR) is 105 cm³/mol. The molecule has 28 heavy (non-hydrogen) atoms. The van der Waals surface area contributed by atoms with Crippen LogP contribution in [0.1, 0.15) is 46.1 Å². The van der Waals surface area contributed by atoms with Crippen molar-refractivity contribution >= 4 is 11.6 Å². The lowest BCUT2D eigenvalue weighted by molar-refractivity contribution is 0.0657. The highest BCUT2D eigenvalue weighted by atomic mass is 16.5. The van der Waals surface area contributed by atoms with E-state index in [4.69, 9.17) is 4.74 Å². The summed E-state index contributed by atoms with van der Waals surface area (Å²) in [7, 11) is 0. The van der Waals surface area contributed by atoms with E-state index in [1.165, 1.54) is 11.1 Å². The molecule has 0 atom stereocenters. The van der Waals surface area contributed by atoms with Gasteiger partial charge in [-0.1, -0.05) is 47.7 Å². The molecular formula is C22H22N4O2. The second-order valence-corrected chi connectivity index (χ2v) is 7.39. The molecule has 3 heterocycles. The lowest BCUT2D eigenvalue weighted by atomic mass is 10.0. The summed E-state index contributed by atoms with van der Waals surface area (Å²) < 4.78 is 7.25. The van der Waals surface area contributed by atoms with Gasteiger partial charge in [0.2, 0.25) is 0 Å². The van der Waals surface area contributed by atoms with Gasteiger partial charge < -0.3 is 9.64 Å². The zero-order valence-electron chi connectivity index (χ0n) is 15.6. The van der Waals surface area contributed by atoms with Crippen LogP contribution in [0.25, 0.3) is 0 Å². The smallest absolute Gasteiger partial charge is 0.280 e. The molecule has 1 aromatic heterocycles. The molecule has 142 valence electrons. The first-order chi connectivity index (χ1) is 13.8. The summed E-state index contributed by atoms with van der Waals surface area (Å²) in [5.41, 5.74) is 4.92. The first kappa shape index (κ1) is 17.1. The summed E-state index contributed by atoms with van der Waals surface area (Å²) in [4.78, 5) is 15.2. The van der Waals surface area contributed by atoms with Crippen LogP contribution in [0.3, 0.4) is 0 Å². The molecule has 0 unspecified atom stereocenters. The summed E-state index contributed by atoms with van der Waals surface area (Å²) >= 11 is 0. The quantitative estimate of drug-likeness (QED) is 0.690. The standard InChI is InChI=1S/C22H22N4O2/c27-22(20-15-26(24-23-20)19-9-11-28-12-10-19)25-14-18-7-2-1-5-16(18)13-17-6-3-4-8-21(17)25/h1-8,15,19H,9-14H2. The molecule has 2 aliphatic rings. The van der Waals surface area contributed by atoms with Crippen LogP contribution in [0.5, 0.6) is 0 Å². The highest BCUT2D eigenvalue weighted by Crippen LogP contribution is 2.31. The maximum atomic E-state index is 13.4. The molecule has 2 aliphatic heterocycles. The van der Waals surface area contributed by atoms with Crippen LogP contribution in [0.2, 0.25) is 0 Å². The minimum atomic E-state index is -0.109. The van der Waals surface area contributed by atoms with Gasteiger partial charge in [-0.2, -0.15) is 0 Å². The molecule has 0 spiro atoms. The van der Waals surface area contributed by atoms with E-state index in [2.05, 4.69) is 34.6 Å². The molecule has 0 bridgehead atoms. The number of para-hydroxylation sites is 1. The van der Waals surface area contributed by atoms with Crippen molar-refractivity contribution in [2.75, 3.05) is 18.1 Å². The molecular weight excluding hydrogens is 352 g/mol. The molecule has 0 N–H and O–H groups in total. The fourth-order valence-corrected chi connectivity index (χ4v) is 4.09. The maximum Gasteiger partial charge on any atom is 0.280 e. The van der Waals surface area contributed by atoms with Gasteiger partial charge in [0.15, 0.2) is 5.69 Å².